The van der Waals surface area contributed by atoms with Crippen LogP contribution in [0.5, 0.6) is 5.75 Å². The third kappa shape index (κ3) is 7.28. The summed E-state index contributed by atoms with van der Waals surface area (Å²) in [6.07, 6.45) is 1.15. The maximum atomic E-state index is 6.04. The molecule has 2 aromatic carbocycles. The molecule has 0 aromatic heterocycles. The fourth-order valence-corrected chi connectivity index (χ4v) is 3.43. The Kier molecular flexibility index (Phi) is 9.48. The van der Waals surface area contributed by atoms with Crippen molar-refractivity contribution in [2.45, 2.75) is 33.4 Å². The van der Waals surface area contributed by atoms with Crippen LogP contribution in [0, 0.1) is 0 Å². The molecule has 0 saturated heterocycles. The number of nitrogens with one attached hydrogen (secondary N) is 1. The second kappa shape index (κ2) is 11.6. The fourth-order valence-electron chi connectivity index (χ4n) is 2.81. The van der Waals surface area contributed by atoms with E-state index in [4.69, 9.17) is 16.3 Å². The van der Waals surface area contributed by atoms with Crippen molar-refractivity contribution >= 4 is 27.5 Å². The topological polar surface area (TPSA) is 24.5 Å². The molecule has 0 fully saturated rings. The highest BCUT2D eigenvalue weighted by Gasteiger charge is 2.06. The molecule has 0 atom stereocenters. The highest BCUT2D eigenvalue weighted by Crippen LogP contribution is 2.24. The van der Waals surface area contributed by atoms with E-state index in [0.717, 1.165) is 65.5 Å². The van der Waals surface area contributed by atoms with Crippen LogP contribution in [0.15, 0.2) is 46.9 Å². The van der Waals surface area contributed by atoms with Crippen LogP contribution in [0.25, 0.3) is 0 Å². The van der Waals surface area contributed by atoms with Gasteiger partial charge in [-0.1, -0.05) is 53.5 Å². The second-order valence-corrected chi connectivity index (χ2v) is 7.58. The summed E-state index contributed by atoms with van der Waals surface area (Å²) in [5, 5.41) is 4.26. The summed E-state index contributed by atoms with van der Waals surface area (Å²) >= 11 is 9.60. The van der Waals surface area contributed by atoms with E-state index < -0.39 is 0 Å². The van der Waals surface area contributed by atoms with Crippen LogP contribution in [-0.2, 0) is 13.2 Å². The summed E-state index contributed by atoms with van der Waals surface area (Å²) < 4.78 is 7.10. The maximum Gasteiger partial charge on any atom is 0.124 e. The minimum atomic E-state index is 0.511. The molecule has 26 heavy (non-hydrogen) atoms. The Morgan fingerprint density at radius 3 is 2.65 bits per heavy atom. The lowest BCUT2D eigenvalue weighted by Crippen LogP contribution is -2.27. The lowest BCUT2D eigenvalue weighted by Gasteiger charge is -2.18. The Labute approximate surface area is 170 Å². The van der Waals surface area contributed by atoms with Gasteiger partial charge in [-0.05, 0) is 68.5 Å². The van der Waals surface area contributed by atoms with Gasteiger partial charge in [-0.3, -0.25) is 0 Å². The number of ether oxygens (including phenoxy) is 1. The van der Waals surface area contributed by atoms with Gasteiger partial charge in [-0.15, -0.1) is 0 Å². The van der Waals surface area contributed by atoms with Crippen LogP contribution in [0.3, 0.4) is 0 Å². The molecule has 0 spiro atoms. The van der Waals surface area contributed by atoms with Crippen molar-refractivity contribution < 1.29 is 4.74 Å². The average molecular weight is 440 g/mol. The first kappa shape index (κ1) is 21.2. The molecule has 0 heterocycles. The van der Waals surface area contributed by atoms with Gasteiger partial charge in [-0.2, -0.15) is 0 Å². The molecule has 0 unspecified atom stereocenters. The predicted octanol–water partition coefficient (Wildman–Crippen LogP) is 5.50. The highest BCUT2D eigenvalue weighted by molar-refractivity contribution is 9.10. The van der Waals surface area contributed by atoms with Crippen LogP contribution in [0.4, 0.5) is 0 Å². The van der Waals surface area contributed by atoms with Gasteiger partial charge in [0.25, 0.3) is 0 Å². The molecule has 0 aliphatic heterocycles. The van der Waals surface area contributed by atoms with Gasteiger partial charge in [-0.25, -0.2) is 0 Å². The van der Waals surface area contributed by atoms with Crippen LogP contribution >= 0.6 is 27.5 Å². The van der Waals surface area contributed by atoms with Gasteiger partial charge in [0, 0.05) is 21.6 Å². The molecule has 142 valence electrons. The molecular weight excluding hydrogens is 412 g/mol. The maximum absolute atomic E-state index is 6.04. The summed E-state index contributed by atoms with van der Waals surface area (Å²) in [6, 6.07) is 13.9. The molecule has 0 bridgehead atoms. The molecule has 3 nitrogen and oxygen atoms in total. The SMILES string of the molecule is CCN(CC)CCCNCc1cc(Br)ccc1OCc1cccc(Cl)c1. The van der Waals surface area contributed by atoms with Crippen molar-refractivity contribution in [3.63, 3.8) is 0 Å². The van der Waals surface area contributed by atoms with Gasteiger partial charge < -0.3 is 15.0 Å². The van der Waals surface area contributed by atoms with E-state index in [1.807, 2.05) is 36.4 Å². The first-order chi connectivity index (χ1) is 12.6. The lowest BCUT2D eigenvalue weighted by molar-refractivity contribution is 0.295. The van der Waals surface area contributed by atoms with Crippen LogP contribution < -0.4 is 10.1 Å². The lowest BCUT2D eigenvalue weighted by atomic mass is 10.2. The fraction of sp³-hybridized carbons (Fsp3) is 0.429. The third-order valence-corrected chi connectivity index (χ3v) is 5.07. The molecule has 0 aliphatic rings. The molecule has 2 rings (SSSR count). The van der Waals surface area contributed by atoms with Gasteiger partial charge in [0.1, 0.15) is 12.4 Å². The summed E-state index contributed by atoms with van der Waals surface area (Å²) in [4.78, 5) is 2.44. The van der Waals surface area contributed by atoms with Crippen LogP contribution in [0.1, 0.15) is 31.4 Å². The van der Waals surface area contributed by atoms with E-state index in [9.17, 15) is 0 Å². The van der Waals surface area contributed by atoms with E-state index in [1.165, 1.54) is 0 Å². The molecule has 0 radical (unpaired) electrons. The second-order valence-electron chi connectivity index (χ2n) is 6.23. The monoisotopic (exact) mass is 438 g/mol. The normalized spacial score (nSPS) is 11.1. The van der Waals surface area contributed by atoms with Gasteiger partial charge in [0.2, 0.25) is 0 Å². The third-order valence-electron chi connectivity index (χ3n) is 4.34. The first-order valence-electron chi connectivity index (χ1n) is 9.21. The Bertz CT molecular complexity index is 677. The van der Waals surface area contributed by atoms with Crippen LogP contribution in [-0.4, -0.2) is 31.1 Å². The van der Waals surface area contributed by atoms with Crippen molar-refractivity contribution in [3.8, 4) is 5.75 Å². The average Bonchev–Trinajstić information content (AvgIpc) is 2.64. The number of rotatable bonds is 11. The van der Waals surface area contributed by atoms with Crippen molar-refractivity contribution in [2.75, 3.05) is 26.2 Å². The van der Waals surface area contributed by atoms with Gasteiger partial charge in [0.05, 0.1) is 0 Å². The quantitative estimate of drug-likeness (QED) is 0.468. The molecule has 5 heteroatoms. The molecule has 1 N–H and O–H groups in total. The van der Waals surface area contributed by atoms with E-state index >= 15 is 0 Å². The summed E-state index contributed by atoms with van der Waals surface area (Å²) in [7, 11) is 0. The van der Waals surface area contributed by atoms with E-state index in [0.29, 0.717) is 6.61 Å². The number of nitrogens with zero attached hydrogens (tertiary/aromatic N) is 1. The van der Waals surface area contributed by atoms with Crippen molar-refractivity contribution in [3.05, 3.63) is 63.1 Å². The number of halogens is 2. The van der Waals surface area contributed by atoms with Crippen molar-refractivity contribution in [2.24, 2.45) is 0 Å². The van der Waals surface area contributed by atoms with E-state index in [2.05, 4.69) is 46.1 Å². The molecule has 2 aromatic rings. The zero-order valence-corrected chi connectivity index (χ0v) is 17.9. The first-order valence-corrected chi connectivity index (χ1v) is 10.4. The standard InChI is InChI=1S/C21H28BrClN2O/c1-3-25(4-2)12-6-11-24-15-18-14-19(22)9-10-21(18)26-16-17-7-5-8-20(23)13-17/h5,7-10,13-14,24H,3-4,6,11-12,15-16H2,1-2H3. The van der Waals surface area contributed by atoms with Gasteiger partial charge in [0.15, 0.2) is 0 Å². The Morgan fingerprint density at radius 1 is 1.12 bits per heavy atom. The summed E-state index contributed by atoms with van der Waals surface area (Å²) in [5.41, 5.74) is 2.22. The van der Waals surface area contributed by atoms with E-state index in [1.54, 1.807) is 0 Å². The summed E-state index contributed by atoms with van der Waals surface area (Å²) in [6.45, 7) is 10.1. The zero-order chi connectivity index (χ0) is 18.8. The summed E-state index contributed by atoms with van der Waals surface area (Å²) in [5.74, 6) is 0.907. The smallest absolute Gasteiger partial charge is 0.124 e. The van der Waals surface area contributed by atoms with Crippen LogP contribution in [0.2, 0.25) is 5.02 Å². The minimum Gasteiger partial charge on any atom is -0.489 e. The zero-order valence-electron chi connectivity index (χ0n) is 15.6. The van der Waals surface area contributed by atoms with Crippen molar-refractivity contribution in [1.82, 2.24) is 10.2 Å². The highest BCUT2D eigenvalue weighted by atomic mass is 79.9. The Morgan fingerprint density at radius 2 is 1.92 bits per heavy atom. The Hall–Kier alpha value is -1.07. The number of benzene rings is 2. The van der Waals surface area contributed by atoms with Crippen molar-refractivity contribution in [1.29, 1.82) is 0 Å². The molecule has 0 saturated carbocycles. The largest absolute Gasteiger partial charge is 0.489 e. The molecular formula is C21H28BrClN2O. The van der Waals surface area contributed by atoms with E-state index in [-0.39, 0.29) is 0 Å². The van der Waals surface area contributed by atoms with Gasteiger partial charge >= 0.3 is 0 Å². The molecule has 0 amide bonds. The number of hydrogen-bond donors (Lipinski definition) is 1. The Balaban J connectivity index is 1.86. The minimum absolute atomic E-state index is 0.511. The molecule has 0 aliphatic carbocycles. The number of hydrogen-bond acceptors (Lipinski definition) is 3. The predicted molar refractivity (Wildman–Crippen MR) is 114 cm³/mol.